The van der Waals surface area contributed by atoms with E-state index in [-0.39, 0.29) is 36.5 Å². The highest BCUT2D eigenvalue weighted by Gasteiger charge is 2.52. The lowest BCUT2D eigenvalue weighted by Crippen LogP contribution is -2.49. The highest BCUT2D eigenvalue weighted by Crippen LogP contribution is 2.35. The maximum Gasteiger partial charge on any atom is 0.251 e. The SMILES string of the molecule is C[C@@H](NC(=O)[C@@H]1CC2(CN1C(=O)CNC(=O)c1ccc(-c3cc(F)ccc3F)cc1)OCCO2)c1cc(C(=N)N)cs1. The first-order chi connectivity index (χ1) is 20.0. The Morgan fingerprint density at radius 1 is 1.12 bits per heavy atom. The van der Waals surface area contributed by atoms with Crippen molar-refractivity contribution >= 4 is 34.9 Å². The largest absolute Gasteiger partial charge is 0.384 e. The third-order valence-corrected chi connectivity index (χ3v) is 8.35. The predicted octanol–water partition coefficient (Wildman–Crippen LogP) is 2.93. The summed E-state index contributed by atoms with van der Waals surface area (Å²) in [5.41, 5.74) is 6.78. The van der Waals surface area contributed by atoms with Crippen molar-refractivity contribution in [3.05, 3.63) is 81.5 Å². The van der Waals surface area contributed by atoms with Gasteiger partial charge in [0.1, 0.15) is 23.5 Å². The summed E-state index contributed by atoms with van der Waals surface area (Å²) in [5.74, 6) is -3.81. The van der Waals surface area contributed by atoms with Gasteiger partial charge in [0, 0.05) is 33.4 Å². The van der Waals surface area contributed by atoms with E-state index in [4.69, 9.17) is 20.6 Å². The van der Waals surface area contributed by atoms with Gasteiger partial charge in [-0.05, 0) is 48.9 Å². The molecule has 2 saturated heterocycles. The summed E-state index contributed by atoms with van der Waals surface area (Å²) in [5, 5.41) is 14.8. The van der Waals surface area contributed by atoms with Gasteiger partial charge in [0.25, 0.3) is 5.91 Å². The molecular formula is C29H29F2N5O5S. The summed E-state index contributed by atoms with van der Waals surface area (Å²) >= 11 is 1.36. The van der Waals surface area contributed by atoms with Crippen LogP contribution in [-0.2, 0) is 19.1 Å². The number of benzene rings is 2. The fraction of sp³-hybridized carbons (Fsp3) is 0.310. The molecule has 0 saturated carbocycles. The first kappa shape index (κ1) is 29.3. The molecule has 2 aliphatic heterocycles. The lowest BCUT2D eigenvalue weighted by Gasteiger charge is -2.25. The maximum atomic E-state index is 14.1. The van der Waals surface area contributed by atoms with Gasteiger partial charge >= 0.3 is 0 Å². The zero-order valence-electron chi connectivity index (χ0n) is 22.6. The molecule has 0 bridgehead atoms. The molecule has 5 N–H and O–H groups in total. The van der Waals surface area contributed by atoms with Crippen LogP contribution in [0.4, 0.5) is 8.78 Å². The smallest absolute Gasteiger partial charge is 0.251 e. The van der Waals surface area contributed by atoms with E-state index in [0.717, 1.165) is 23.1 Å². The minimum atomic E-state index is -1.10. The van der Waals surface area contributed by atoms with Gasteiger partial charge in [0.15, 0.2) is 5.79 Å². The third-order valence-electron chi connectivity index (χ3n) is 7.23. The number of carbonyl (C=O) groups is 3. The predicted molar refractivity (Wildman–Crippen MR) is 151 cm³/mol. The van der Waals surface area contributed by atoms with Crippen molar-refractivity contribution in [2.75, 3.05) is 26.3 Å². The molecule has 0 aliphatic carbocycles. The lowest BCUT2D eigenvalue weighted by atomic mass is 10.0. The highest BCUT2D eigenvalue weighted by molar-refractivity contribution is 7.10. The van der Waals surface area contributed by atoms with E-state index < -0.39 is 47.2 Å². The number of carbonyl (C=O) groups excluding carboxylic acids is 3. The number of nitrogens with two attached hydrogens (primary N) is 1. The van der Waals surface area contributed by atoms with Crippen LogP contribution >= 0.6 is 11.3 Å². The monoisotopic (exact) mass is 597 g/mol. The number of ether oxygens (including phenoxy) is 2. The van der Waals surface area contributed by atoms with Crippen LogP contribution in [-0.4, -0.2) is 66.6 Å². The Hall–Kier alpha value is -4.20. The van der Waals surface area contributed by atoms with Gasteiger partial charge < -0.3 is 30.7 Å². The first-order valence-electron chi connectivity index (χ1n) is 13.2. The second-order valence-electron chi connectivity index (χ2n) is 10.1. The molecule has 2 aromatic carbocycles. The number of hydrogen-bond donors (Lipinski definition) is 4. The number of nitrogen functional groups attached to an aromatic ring is 1. The molecule has 3 amide bonds. The van der Waals surface area contributed by atoms with Crippen molar-refractivity contribution in [3.63, 3.8) is 0 Å². The fourth-order valence-electron chi connectivity index (χ4n) is 5.02. The molecule has 2 aliphatic rings. The minimum Gasteiger partial charge on any atom is -0.384 e. The molecule has 1 aromatic heterocycles. The Labute approximate surface area is 244 Å². The van der Waals surface area contributed by atoms with Crippen molar-refractivity contribution in [3.8, 4) is 11.1 Å². The minimum absolute atomic E-state index is 0.0234. The van der Waals surface area contributed by atoms with E-state index in [1.54, 1.807) is 18.4 Å². The summed E-state index contributed by atoms with van der Waals surface area (Å²) < 4.78 is 39.2. The molecule has 220 valence electrons. The van der Waals surface area contributed by atoms with Crippen LogP contribution in [0, 0.1) is 17.0 Å². The third kappa shape index (κ3) is 6.17. The number of nitrogens with zero attached hydrogens (tertiary/aromatic N) is 1. The van der Waals surface area contributed by atoms with E-state index in [1.165, 1.54) is 40.5 Å². The van der Waals surface area contributed by atoms with Crippen molar-refractivity contribution in [2.45, 2.75) is 31.2 Å². The molecule has 3 aromatic rings. The van der Waals surface area contributed by atoms with Crippen molar-refractivity contribution in [1.82, 2.24) is 15.5 Å². The highest BCUT2D eigenvalue weighted by atomic mass is 32.1. The molecule has 10 nitrogen and oxygen atoms in total. The summed E-state index contributed by atoms with van der Waals surface area (Å²) in [6, 6.07) is 9.42. The van der Waals surface area contributed by atoms with E-state index in [9.17, 15) is 23.2 Å². The molecule has 13 heteroatoms. The normalized spacial score (nSPS) is 18.2. The van der Waals surface area contributed by atoms with Crippen LogP contribution < -0.4 is 16.4 Å². The Kier molecular flexibility index (Phi) is 8.34. The summed E-state index contributed by atoms with van der Waals surface area (Å²) in [7, 11) is 0. The second kappa shape index (κ2) is 12.0. The number of likely N-dealkylation sites (tertiary alicyclic amines) is 1. The Balaban J connectivity index is 1.23. The number of rotatable bonds is 8. The van der Waals surface area contributed by atoms with Crippen molar-refractivity contribution in [2.24, 2.45) is 5.73 Å². The number of halogens is 2. The molecule has 2 atom stereocenters. The number of hydrogen-bond acceptors (Lipinski definition) is 7. The van der Waals surface area contributed by atoms with Gasteiger partial charge in [0.05, 0.1) is 32.3 Å². The van der Waals surface area contributed by atoms with Crippen LogP contribution in [0.25, 0.3) is 11.1 Å². The van der Waals surface area contributed by atoms with Gasteiger partial charge in [0.2, 0.25) is 11.8 Å². The molecule has 0 radical (unpaired) electrons. The van der Waals surface area contributed by atoms with Gasteiger partial charge in [-0.15, -0.1) is 11.3 Å². The number of amides is 3. The van der Waals surface area contributed by atoms with Gasteiger partial charge in [-0.1, -0.05) is 12.1 Å². The Bertz CT molecular complexity index is 1520. The maximum absolute atomic E-state index is 14.1. The van der Waals surface area contributed by atoms with Crippen LogP contribution in [0.1, 0.15) is 40.2 Å². The van der Waals surface area contributed by atoms with E-state index >= 15 is 0 Å². The van der Waals surface area contributed by atoms with Crippen LogP contribution in [0.3, 0.4) is 0 Å². The number of thiophene rings is 1. The van der Waals surface area contributed by atoms with E-state index in [2.05, 4.69) is 10.6 Å². The van der Waals surface area contributed by atoms with Crippen LogP contribution in [0.15, 0.2) is 53.9 Å². The van der Waals surface area contributed by atoms with Gasteiger partial charge in [-0.25, -0.2) is 8.78 Å². The zero-order valence-corrected chi connectivity index (χ0v) is 23.4. The topological polar surface area (TPSA) is 147 Å². The number of nitrogens with one attached hydrogen (secondary N) is 3. The lowest BCUT2D eigenvalue weighted by molar-refractivity contribution is -0.152. The van der Waals surface area contributed by atoms with Gasteiger partial charge in [-0.3, -0.25) is 19.8 Å². The number of amidine groups is 1. The molecule has 0 unspecified atom stereocenters. The molecule has 5 rings (SSSR count). The Morgan fingerprint density at radius 2 is 1.83 bits per heavy atom. The first-order valence-corrected chi connectivity index (χ1v) is 14.1. The fourth-order valence-corrected chi connectivity index (χ4v) is 5.94. The molecule has 42 heavy (non-hydrogen) atoms. The molecule has 1 spiro atoms. The van der Waals surface area contributed by atoms with Crippen LogP contribution in [0.2, 0.25) is 0 Å². The van der Waals surface area contributed by atoms with Crippen molar-refractivity contribution < 1.29 is 32.6 Å². The zero-order chi connectivity index (χ0) is 30.0. The molecule has 3 heterocycles. The summed E-state index contributed by atoms with van der Waals surface area (Å²) in [6.07, 6.45) is 0.131. The second-order valence-corrected chi connectivity index (χ2v) is 11.1. The quantitative estimate of drug-likeness (QED) is 0.232. The summed E-state index contributed by atoms with van der Waals surface area (Å²) in [4.78, 5) is 41.6. The standard InChI is InChI=1S/C29H29F2N5O5S/c1-16(24-10-19(14-42-24)26(32)33)35-28(39)23-12-29(40-8-9-41-29)15-36(23)25(37)13-34-27(38)18-4-2-17(3-5-18)21-11-20(30)6-7-22(21)31/h2-7,10-11,14,16,23H,8-9,12-13,15H2,1H3,(H3,32,33)(H,34,38)(H,35,39)/t16-,23+/m1/s1. The molecular weight excluding hydrogens is 568 g/mol. The van der Waals surface area contributed by atoms with Gasteiger partial charge in [-0.2, -0.15) is 0 Å². The Morgan fingerprint density at radius 3 is 2.50 bits per heavy atom. The molecule has 2 fully saturated rings. The van der Waals surface area contributed by atoms with Crippen LogP contribution in [0.5, 0.6) is 0 Å². The van der Waals surface area contributed by atoms with Crippen molar-refractivity contribution in [1.29, 1.82) is 5.41 Å². The average Bonchev–Trinajstić information content (AvgIpc) is 3.74. The average molecular weight is 598 g/mol. The van der Waals surface area contributed by atoms with E-state index in [0.29, 0.717) is 24.3 Å². The summed E-state index contributed by atoms with van der Waals surface area (Å²) in [6.45, 7) is 2.10. The van der Waals surface area contributed by atoms with E-state index in [1.807, 2.05) is 0 Å².